The van der Waals surface area contributed by atoms with E-state index >= 15 is 0 Å². The van der Waals surface area contributed by atoms with Gasteiger partial charge >= 0.3 is 0 Å². The third kappa shape index (κ3) is 2.92. The lowest BCUT2D eigenvalue weighted by molar-refractivity contribution is 0.101. The van der Waals surface area contributed by atoms with Crippen molar-refractivity contribution in [2.24, 2.45) is 0 Å². The van der Waals surface area contributed by atoms with Gasteiger partial charge in [0.05, 0.1) is 41.5 Å². The molecule has 2 aromatic heterocycles. The van der Waals surface area contributed by atoms with Gasteiger partial charge in [-0.2, -0.15) is 0 Å². The minimum Gasteiger partial charge on any atom is -0.493 e. The molecule has 142 valence electrons. The molecule has 0 atom stereocenters. The molecule has 0 unspecified atom stereocenters. The zero-order valence-corrected chi connectivity index (χ0v) is 16.3. The Bertz CT molecular complexity index is 1220. The zero-order valence-electron chi connectivity index (χ0n) is 15.5. The monoisotopic (exact) mass is 396 g/mol. The minimum atomic E-state index is -0.114. The number of Topliss-reactive ketones (excluding diaryl/α,β-unsaturated/α-hetero) is 1. The van der Waals surface area contributed by atoms with Gasteiger partial charge < -0.3 is 19.2 Å². The number of nitrogens with one attached hydrogen (secondary N) is 1. The molecule has 0 aliphatic heterocycles. The van der Waals surface area contributed by atoms with E-state index in [4.69, 9.17) is 25.5 Å². The Morgan fingerprint density at radius 1 is 1.14 bits per heavy atom. The Morgan fingerprint density at radius 3 is 2.57 bits per heavy atom. The van der Waals surface area contributed by atoms with Gasteiger partial charge in [-0.05, 0) is 19.1 Å². The summed E-state index contributed by atoms with van der Waals surface area (Å²) in [5, 5.41) is 5.28. The molecule has 0 saturated heterocycles. The van der Waals surface area contributed by atoms with Gasteiger partial charge in [0.2, 0.25) is 5.71 Å². The number of furan rings is 1. The highest BCUT2D eigenvalue weighted by Gasteiger charge is 2.19. The van der Waals surface area contributed by atoms with Crippen molar-refractivity contribution in [3.63, 3.8) is 0 Å². The summed E-state index contributed by atoms with van der Waals surface area (Å²) in [5.74, 6) is 0.864. The van der Waals surface area contributed by atoms with Gasteiger partial charge in [0.15, 0.2) is 17.3 Å². The van der Waals surface area contributed by atoms with Crippen LogP contribution in [0.2, 0.25) is 5.02 Å². The Balaban J connectivity index is 1.99. The maximum Gasteiger partial charge on any atom is 0.230 e. The Kier molecular flexibility index (Phi) is 4.57. The first-order valence-electron chi connectivity index (χ1n) is 8.53. The summed E-state index contributed by atoms with van der Waals surface area (Å²) in [6.07, 6.45) is 1.45. The number of hydrogen-bond donors (Lipinski definition) is 1. The first-order valence-corrected chi connectivity index (χ1v) is 8.90. The number of benzene rings is 2. The number of pyridine rings is 1. The van der Waals surface area contributed by atoms with E-state index in [2.05, 4.69) is 10.3 Å². The number of ketones is 1. The number of anilines is 2. The molecule has 7 heteroatoms. The van der Waals surface area contributed by atoms with Gasteiger partial charge in [-0.1, -0.05) is 29.8 Å². The number of halogens is 1. The van der Waals surface area contributed by atoms with Crippen molar-refractivity contribution in [2.75, 3.05) is 19.5 Å². The molecule has 0 aliphatic carbocycles. The molecule has 28 heavy (non-hydrogen) atoms. The molecule has 0 spiro atoms. The van der Waals surface area contributed by atoms with Crippen LogP contribution in [0.3, 0.4) is 0 Å². The Hall–Kier alpha value is -3.25. The quantitative estimate of drug-likeness (QED) is 0.443. The van der Waals surface area contributed by atoms with Crippen LogP contribution < -0.4 is 14.8 Å². The third-order valence-corrected chi connectivity index (χ3v) is 4.81. The molecule has 0 radical (unpaired) electrons. The molecule has 0 amide bonds. The summed E-state index contributed by atoms with van der Waals surface area (Å²) in [4.78, 5) is 16.8. The SMILES string of the molecule is COc1cc(Nc2c3ccccc3nc3occ(Cl)c23)c(C(C)=O)cc1OC. The Morgan fingerprint density at radius 2 is 1.86 bits per heavy atom. The highest BCUT2D eigenvalue weighted by atomic mass is 35.5. The topological polar surface area (TPSA) is 73.6 Å². The molecule has 4 rings (SSSR count). The fraction of sp³-hybridized carbons (Fsp3) is 0.143. The summed E-state index contributed by atoms with van der Waals surface area (Å²) in [5.41, 5.74) is 2.89. The molecule has 0 fully saturated rings. The number of para-hydroxylation sites is 1. The van der Waals surface area contributed by atoms with Crippen LogP contribution in [-0.4, -0.2) is 25.0 Å². The first kappa shape index (κ1) is 18.1. The maximum atomic E-state index is 12.3. The van der Waals surface area contributed by atoms with Crippen molar-refractivity contribution in [1.82, 2.24) is 4.98 Å². The van der Waals surface area contributed by atoms with Crippen LogP contribution in [0.15, 0.2) is 47.1 Å². The second kappa shape index (κ2) is 7.05. The summed E-state index contributed by atoms with van der Waals surface area (Å²) >= 11 is 6.37. The van der Waals surface area contributed by atoms with Crippen LogP contribution in [0.5, 0.6) is 11.5 Å². The maximum absolute atomic E-state index is 12.3. The number of ether oxygens (including phenoxy) is 2. The first-order chi connectivity index (χ1) is 13.5. The van der Waals surface area contributed by atoms with Gasteiger partial charge in [-0.3, -0.25) is 4.79 Å². The lowest BCUT2D eigenvalue weighted by atomic mass is 10.1. The molecule has 2 heterocycles. The number of carbonyl (C=O) groups excluding carboxylic acids is 1. The van der Waals surface area contributed by atoms with Crippen LogP contribution in [0.25, 0.3) is 22.0 Å². The Labute approximate surface area is 166 Å². The second-order valence-electron chi connectivity index (χ2n) is 6.20. The predicted octanol–water partition coefficient (Wildman–Crippen LogP) is 5.60. The molecule has 0 bridgehead atoms. The van der Waals surface area contributed by atoms with E-state index in [0.717, 1.165) is 10.9 Å². The average Bonchev–Trinajstić information content (AvgIpc) is 3.07. The molecule has 1 N–H and O–H groups in total. The van der Waals surface area contributed by atoms with E-state index in [1.54, 1.807) is 19.2 Å². The molecule has 2 aromatic carbocycles. The van der Waals surface area contributed by atoms with E-state index < -0.39 is 0 Å². The van der Waals surface area contributed by atoms with Crippen molar-refractivity contribution in [1.29, 1.82) is 0 Å². The highest BCUT2D eigenvalue weighted by molar-refractivity contribution is 6.37. The van der Waals surface area contributed by atoms with E-state index in [-0.39, 0.29) is 5.78 Å². The molecular weight excluding hydrogens is 380 g/mol. The highest BCUT2D eigenvalue weighted by Crippen LogP contribution is 2.41. The third-order valence-electron chi connectivity index (χ3n) is 4.53. The van der Waals surface area contributed by atoms with E-state index in [0.29, 0.717) is 44.6 Å². The normalized spacial score (nSPS) is 11.0. The number of aromatic nitrogens is 1. The molecule has 0 aliphatic rings. The lowest BCUT2D eigenvalue weighted by Crippen LogP contribution is -2.04. The van der Waals surface area contributed by atoms with Crippen LogP contribution in [0.4, 0.5) is 11.4 Å². The standard InChI is InChI=1S/C21H17ClN2O4/c1-11(25)13-8-17(26-2)18(27-3)9-16(13)23-20-12-6-4-5-7-15(12)24-21-19(20)14(22)10-28-21/h4-10H,1-3H3,(H,23,24). The molecule has 6 nitrogen and oxygen atoms in total. The van der Waals surface area contributed by atoms with Crippen LogP contribution in [0.1, 0.15) is 17.3 Å². The summed E-state index contributed by atoms with van der Waals surface area (Å²) in [6.45, 7) is 1.50. The summed E-state index contributed by atoms with van der Waals surface area (Å²) in [6, 6.07) is 11.0. The van der Waals surface area contributed by atoms with Crippen molar-refractivity contribution < 1.29 is 18.7 Å². The van der Waals surface area contributed by atoms with Gasteiger partial charge in [-0.15, -0.1) is 0 Å². The molecule has 0 saturated carbocycles. The van der Waals surface area contributed by atoms with E-state index in [1.165, 1.54) is 20.3 Å². The number of rotatable bonds is 5. The minimum absolute atomic E-state index is 0.114. The van der Waals surface area contributed by atoms with Crippen molar-refractivity contribution in [3.8, 4) is 11.5 Å². The van der Waals surface area contributed by atoms with Gasteiger partial charge in [0.25, 0.3) is 0 Å². The van der Waals surface area contributed by atoms with Gasteiger partial charge in [0.1, 0.15) is 6.26 Å². The number of nitrogens with zero attached hydrogens (tertiary/aromatic N) is 1. The van der Waals surface area contributed by atoms with Crippen LogP contribution in [0, 0.1) is 0 Å². The summed E-state index contributed by atoms with van der Waals surface area (Å²) in [7, 11) is 3.07. The van der Waals surface area contributed by atoms with Gasteiger partial charge in [0, 0.05) is 17.0 Å². The number of hydrogen-bond acceptors (Lipinski definition) is 6. The zero-order chi connectivity index (χ0) is 19.8. The number of carbonyl (C=O) groups is 1. The van der Waals surface area contributed by atoms with Crippen molar-refractivity contribution in [3.05, 3.63) is 53.2 Å². The second-order valence-corrected chi connectivity index (χ2v) is 6.61. The molecular formula is C21H17ClN2O4. The molecule has 4 aromatic rings. The fourth-order valence-corrected chi connectivity index (χ4v) is 3.42. The van der Waals surface area contributed by atoms with Crippen LogP contribution in [-0.2, 0) is 0 Å². The average molecular weight is 397 g/mol. The largest absolute Gasteiger partial charge is 0.493 e. The smallest absolute Gasteiger partial charge is 0.230 e. The predicted molar refractivity (Wildman–Crippen MR) is 109 cm³/mol. The summed E-state index contributed by atoms with van der Waals surface area (Å²) < 4.78 is 16.2. The number of methoxy groups -OCH3 is 2. The van der Waals surface area contributed by atoms with E-state index in [9.17, 15) is 4.79 Å². The lowest BCUT2D eigenvalue weighted by Gasteiger charge is -2.17. The van der Waals surface area contributed by atoms with Crippen molar-refractivity contribution >= 4 is 50.8 Å². The van der Waals surface area contributed by atoms with Gasteiger partial charge in [-0.25, -0.2) is 4.98 Å². The number of fused-ring (bicyclic) bond motifs is 2. The van der Waals surface area contributed by atoms with E-state index in [1.807, 2.05) is 24.3 Å². The van der Waals surface area contributed by atoms with Crippen molar-refractivity contribution in [2.45, 2.75) is 6.92 Å². The van der Waals surface area contributed by atoms with Crippen LogP contribution >= 0.6 is 11.6 Å². The fourth-order valence-electron chi connectivity index (χ4n) is 3.20.